The Kier molecular flexibility index (Phi) is 3.39. The summed E-state index contributed by atoms with van der Waals surface area (Å²) in [6, 6.07) is 3.80. The number of halogens is 1. The Labute approximate surface area is 110 Å². The number of benzene rings is 1. The van der Waals surface area contributed by atoms with E-state index in [9.17, 15) is 4.79 Å². The lowest BCUT2D eigenvalue weighted by atomic mass is 10.1. The molecule has 0 saturated heterocycles. The second-order valence-corrected chi connectivity index (χ2v) is 4.73. The number of rotatable bonds is 2. The topological polar surface area (TPSA) is 57.8 Å². The van der Waals surface area contributed by atoms with Crippen LogP contribution in [-0.4, -0.2) is 16.1 Å². The molecular formula is C13H14ClN3O. The molecule has 1 aromatic heterocycles. The van der Waals surface area contributed by atoms with Gasteiger partial charge in [-0.1, -0.05) is 17.7 Å². The molecule has 94 valence electrons. The molecule has 4 nitrogen and oxygen atoms in total. The van der Waals surface area contributed by atoms with Gasteiger partial charge in [0.1, 0.15) is 5.69 Å². The molecule has 0 radical (unpaired) electrons. The van der Waals surface area contributed by atoms with Crippen LogP contribution >= 0.6 is 11.6 Å². The maximum atomic E-state index is 12.0. The SMILES string of the molecule is Cc1cc(C)c(NC(=O)c2[nH]ncc2C)c(Cl)c1. The third-order valence-corrected chi connectivity index (χ3v) is 3.02. The maximum absolute atomic E-state index is 12.0. The van der Waals surface area contributed by atoms with Gasteiger partial charge >= 0.3 is 0 Å². The minimum Gasteiger partial charge on any atom is -0.319 e. The molecule has 5 heteroatoms. The van der Waals surface area contributed by atoms with Crippen LogP contribution in [0.5, 0.6) is 0 Å². The molecule has 2 rings (SSSR count). The molecule has 0 unspecified atom stereocenters. The first kappa shape index (κ1) is 12.6. The molecule has 0 atom stereocenters. The van der Waals surface area contributed by atoms with Crippen LogP contribution in [0.1, 0.15) is 27.2 Å². The van der Waals surface area contributed by atoms with Crippen molar-refractivity contribution in [1.82, 2.24) is 10.2 Å². The van der Waals surface area contributed by atoms with Gasteiger partial charge in [0, 0.05) is 0 Å². The highest BCUT2D eigenvalue weighted by atomic mass is 35.5. The van der Waals surface area contributed by atoms with E-state index in [0.29, 0.717) is 16.4 Å². The average molecular weight is 264 g/mol. The second-order valence-electron chi connectivity index (χ2n) is 4.32. The number of H-pyrrole nitrogens is 1. The van der Waals surface area contributed by atoms with Crippen molar-refractivity contribution >= 4 is 23.2 Å². The zero-order valence-corrected chi connectivity index (χ0v) is 11.2. The van der Waals surface area contributed by atoms with Gasteiger partial charge in [-0.3, -0.25) is 9.89 Å². The number of hydrogen-bond donors (Lipinski definition) is 2. The lowest BCUT2D eigenvalue weighted by molar-refractivity contribution is 0.102. The lowest BCUT2D eigenvalue weighted by Gasteiger charge is -2.11. The van der Waals surface area contributed by atoms with Gasteiger partial charge in [-0.05, 0) is 43.5 Å². The number of nitrogens with zero attached hydrogens (tertiary/aromatic N) is 1. The highest BCUT2D eigenvalue weighted by molar-refractivity contribution is 6.34. The van der Waals surface area contributed by atoms with Crippen molar-refractivity contribution in [3.05, 3.63) is 45.7 Å². The molecule has 1 heterocycles. The predicted octanol–water partition coefficient (Wildman–Crippen LogP) is 3.24. The minimum atomic E-state index is -0.237. The Morgan fingerprint density at radius 3 is 2.56 bits per heavy atom. The van der Waals surface area contributed by atoms with Crippen molar-refractivity contribution in [2.24, 2.45) is 0 Å². The summed E-state index contributed by atoms with van der Waals surface area (Å²) in [5, 5.41) is 9.84. The number of aromatic amines is 1. The van der Waals surface area contributed by atoms with Crippen molar-refractivity contribution in [2.75, 3.05) is 5.32 Å². The van der Waals surface area contributed by atoms with Gasteiger partial charge < -0.3 is 5.32 Å². The van der Waals surface area contributed by atoms with E-state index in [2.05, 4.69) is 15.5 Å². The van der Waals surface area contributed by atoms with E-state index in [4.69, 9.17) is 11.6 Å². The summed E-state index contributed by atoms with van der Waals surface area (Å²) in [5.74, 6) is -0.237. The molecule has 0 saturated carbocycles. The molecule has 2 aromatic rings. The summed E-state index contributed by atoms with van der Waals surface area (Å²) < 4.78 is 0. The lowest BCUT2D eigenvalue weighted by Crippen LogP contribution is -2.15. The zero-order valence-electron chi connectivity index (χ0n) is 10.5. The minimum absolute atomic E-state index is 0.237. The fraction of sp³-hybridized carbons (Fsp3) is 0.231. The first-order valence-electron chi connectivity index (χ1n) is 5.57. The normalized spacial score (nSPS) is 10.4. The third-order valence-electron chi connectivity index (χ3n) is 2.73. The van der Waals surface area contributed by atoms with Gasteiger partial charge in [0.05, 0.1) is 16.9 Å². The number of anilines is 1. The Balaban J connectivity index is 2.31. The first-order chi connectivity index (χ1) is 8.49. The Morgan fingerprint density at radius 2 is 2.00 bits per heavy atom. The number of carbonyl (C=O) groups excluding carboxylic acids is 1. The number of aryl methyl sites for hydroxylation is 3. The summed E-state index contributed by atoms with van der Waals surface area (Å²) in [6.07, 6.45) is 1.61. The smallest absolute Gasteiger partial charge is 0.273 e. The van der Waals surface area contributed by atoms with Gasteiger partial charge in [-0.25, -0.2) is 0 Å². The predicted molar refractivity (Wildman–Crippen MR) is 72.2 cm³/mol. The Bertz CT molecular complexity index is 581. The quantitative estimate of drug-likeness (QED) is 0.874. The summed E-state index contributed by atoms with van der Waals surface area (Å²) in [5.41, 5.74) is 3.89. The number of hydrogen-bond acceptors (Lipinski definition) is 2. The van der Waals surface area contributed by atoms with Gasteiger partial charge in [0.15, 0.2) is 0 Å². The maximum Gasteiger partial charge on any atom is 0.273 e. The van der Waals surface area contributed by atoms with E-state index < -0.39 is 0 Å². The van der Waals surface area contributed by atoms with Crippen LogP contribution in [0.25, 0.3) is 0 Å². The Morgan fingerprint density at radius 1 is 1.28 bits per heavy atom. The molecule has 0 aliphatic rings. The van der Waals surface area contributed by atoms with E-state index in [1.807, 2.05) is 32.9 Å². The van der Waals surface area contributed by atoms with Gasteiger partial charge in [-0.15, -0.1) is 0 Å². The average Bonchev–Trinajstić information content (AvgIpc) is 2.69. The molecule has 0 aliphatic heterocycles. The van der Waals surface area contributed by atoms with Crippen LogP contribution in [0.2, 0.25) is 5.02 Å². The molecule has 0 aliphatic carbocycles. The van der Waals surface area contributed by atoms with Crippen LogP contribution in [-0.2, 0) is 0 Å². The summed E-state index contributed by atoms with van der Waals surface area (Å²) in [4.78, 5) is 12.0. The first-order valence-corrected chi connectivity index (χ1v) is 5.95. The molecule has 2 N–H and O–H groups in total. The number of carbonyl (C=O) groups is 1. The van der Waals surface area contributed by atoms with Gasteiger partial charge in [0.2, 0.25) is 0 Å². The number of nitrogens with one attached hydrogen (secondary N) is 2. The van der Waals surface area contributed by atoms with Crippen LogP contribution < -0.4 is 5.32 Å². The summed E-state index contributed by atoms with van der Waals surface area (Å²) in [6.45, 7) is 5.69. The van der Waals surface area contributed by atoms with Crippen molar-refractivity contribution in [3.8, 4) is 0 Å². The molecule has 18 heavy (non-hydrogen) atoms. The standard InChI is InChI=1S/C13H14ClN3O/c1-7-4-8(2)11(10(14)5-7)16-13(18)12-9(3)6-15-17-12/h4-6H,1-3H3,(H,15,17)(H,16,18). The fourth-order valence-corrected chi connectivity index (χ4v) is 2.19. The van der Waals surface area contributed by atoms with Crippen molar-refractivity contribution in [3.63, 3.8) is 0 Å². The van der Waals surface area contributed by atoms with E-state index in [1.165, 1.54) is 0 Å². The molecule has 1 aromatic carbocycles. The van der Waals surface area contributed by atoms with Crippen LogP contribution in [0.3, 0.4) is 0 Å². The zero-order chi connectivity index (χ0) is 13.3. The molecule has 0 fully saturated rings. The molecule has 0 spiro atoms. The second kappa shape index (κ2) is 4.82. The monoisotopic (exact) mass is 263 g/mol. The number of amides is 1. The van der Waals surface area contributed by atoms with Crippen molar-refractivity contribution in [1.29, 1.82) is 0 Å². The molecular weight excluding hydrogens is 250 g/mol. The summed E-state index contributed by atoms with van der Waals surface area (Å²) >= 11 is 6.14. The highest BCUT2D eigenvalue weighted by Gasteiger charge is 2.14. The Hall–Kier alpha value is -1.81. The van der Waals surface area contributed by atoms with Gasteiger partial charge in [-0.2, -0.15) is 5.10 Å². The van der Waals surface area contributed by atoms with Crippen LogP contribution in [0, 0.1) is 20.8 Å². The van der Waals surface area contributed by atoms with Gasteiger partial charge in [0.25, 0.3) is 5.91 Å². The largest absolute Gasteiger partial charge is 0.319 e. The van der Waals surface area contributed by atoms with E-state index >= 15 is 0 Å². The molecule has 0 bridgehead atoms. The third kappa shape index (κ3) is 2.38. The van der Waals surface area contributed by atoms with E-state index in [0.717, 1.165) is 16.7 Å². The highest BCUT2D eigenvalue weighted by Crippen LogP contribution is 2.27. The van der Waals surface area contributed by atoms with Crippen molar-refractivity contribution < 1.29 is 4.79 Å². The van der Waals surface area contributed by atoms with Crippen molar-refractivity contribution in [2.45, 2.75) is 20.8 Å². The molecule has 1 amide bonds. The van der Waals surface area contributed by atoms with E-state index in [-0.39, 0.29) is 5.91 Å². The van der Waals surface area contributed by atoms with Crippen LogP contribution in [0.15, 0.2) is 18.3 Å². The fourth-order valence-electron chi connectivity index (χ4n) is 1.83. The van der Waals surface area contributed by atoms with Crippen LogP contribution in [0.4, 0.5) is 5.69 Å². The summed E-state index contributed by atoms with van der Waals surface area (Å²) in [7, 11) is 0. The number of aromatic nitrogens is 2. The van der Waals surface area contributed by atoms with E-state index in [1.54, 1.807) is 6.20 Å².